The van der Waals surface area contributed by atoms with E-state index >= 15 is 0 Å². The molecule has 0 spiro atoms. The van der Waals surface area contributed by atoms with Gasteiger partial charge in [0.25, 0.3) is 0 Å². The summed E-state index contributed by atoms with van der Waals surface area (Å²) in [6.07, 6.45) is 0.881. The van der Waals surface area contributed by atoms with E-state index in [0.717, 1.165) is 12.5 Å². The number of hydrogen-bond acceptors (Lipinski definition) is 4. The van der Waals surface area contributed by atoms with Crippen LogP contribution in [0, 0.1) is 17.1 Å². The minimum Gasteiger partial charge on any atom is -0.493 e. The van der Waals surface area contributed by atoms with Gasteiger partial charge in [0.15, 0.2) is 0 Å². The fraction of sp³-hybridized carbons (Fsp3) is 0.188. The molecule has 2 aromatic carbocycles. The number of nitrogen functional groups attached to an aromatic ring is 1. The van der Waals surface area contributed by atoms with Crippen LogP contribution < -0.4 is 15.2 Å². The predicted octanol–water partition coefficient (Wildman–Crippen LogP) is 3.86. The molecule has 0 atom stereocenters. The maximum atomic E-state index is 13.5. The number of anilines is 1. The highest BCUT2D eigenvalue weighted by Crippen LogP contribution is 2.29. The van der Waals surface area contributed by atoms with Crippen LogP contribution in [0.1, 0.15) is 18.9 Å². The quantitative estimate of drug-likeness (QED) is 0.847. The molecule has 2 aromatic rings. The van der Waals surface area contributed by atoms with Crippen molar-refractivity contribution in [3.8, 4) is 23.3 Å². The molecule has 5 heteroatoms. The number of nitrogens with two attached hydrogens (primary N) is 1. The molecule has 2 N–H and O–H groups in total. The number of nitriles is 1. The Morgan fingerprint density at radius 1 is 1.14 bits per heavy atom. The first-order valence-electron chi connectivity index (χ1n) is 6.53. The minimum atomic E-state index is -0.624. The van der Waals surface area contributed by atoms with E-state index in [1.165, 1.54) is 12.1 Å². The van der Waals surface area contributed by atoms with Gasteiger partial charge in [0.2, 0.25) is 0 Å². The first-order chi connectivity index (χ1) is 10.1. The minimum absolute atomic E-state index is 0.0260. The van der Waals surface area contributed by atoms with Crippen LogP contribution in [0.4, 0.5) is 10.1 Å². The van der Waals surface area contributed by atoms with Crippen molar-refractivity contribution in [1.29, 1.82) is 5.26 Å². The van der Waals surface area contributed by atoms with Gasteiger partial charge in [-0.15, -0.1) is 0 Å². The Bertz CT molecular complexity index is 680. The van der Waals surface area contributed by atoms with E-state index in [2.05, 4.69) is 0 Å². The van der Waals surface area contributed by atoms with Crippen molar-refractivity contribution in [2.45, 2.75) is 13.3 Å². The molecule has 0 saturated carbocycles. The Morgan fingerprint density at radius 2 is 1.90 bits per heavy atom. The summed E-state index contributed by atoms with van der Waals surface area (Å²) < 4.78 is 24.6. The van der Waals surface area contributed by atoms with Crippen LogP contribution in [0.2, 0.25) is 0 Å². The maximum absolute atomic E-state index is 13.5. The van der Waals surface area contributed by atoms with Crippen LogP contribution in [0.15, 0.2) is 36.4 Å². The predicted molar refractivity (Wildman–Crippen MR) is 77.8 cm³/mol. The van der Waals surface area contributed by atoms with Crippen molar-refractivity contribution in [3.63, 3.8) is 0 Å². The molecular formula is C16H15FN2O2. The summed E-state index contributed by atoms with van der Waals surface area (Å²) in [4.78, 5) is 0. The second kappa shape index (κ2) is 6.62. The van der Waals surface area contributed by atoms with Crippen molar-refractivity contribution < 1.29 is 13.9 Å². The largest absolute Gasteiger partial charge is 0.493 e. The van der Waals surface area contributed by atoms with Crippen LogP contribution >= 0.6 is 0 Å². The van der Waals surface area contributed by atoms with Crippen molar-refractivity contribution in [2.75, 3.05) is 12.3 Å². The SMILES string of the molecule is CCCOc1cc(N)cc(Oc2ccc(C#N)c(F)c2)c1. The van der Waals surface area contributed by atoms with Gasteiger partial charge >= 0.3 is 0 Å². The molecule has 0 aromatic heterocycles. The summed E-state index contributed by atoms with van der Waals surface area (Å²) in [5.41, 5.74) is 6.25. The lowest BCUT2D eigenvalue weighted by atomic mass is 10.2. The van der Waals surface area contributed by atoms with Crippen molar-refractivity contribution >= 4 is 5.69 Å². The second-order valence-corrected chi connectivity index (χ2v) is 4.44. The van der Waals surface area contributed by atoms with Crippen molar-refractivity contribution in [3.05, 3.63) is 47.8 Å². The molecule has 0 aliphatic rings. The Labute approximate surface area is 122 Å². The molecule has 4 nitrogen and oxygen atoms in total. The normalized spacial score (nSPS) is 9.95. The third-order valence-electron chi connectivity index (χ3n) is 2.67. The Morgan fingerprint density at radius 3 is 2.57 bits per heavy atom. The van der Waals surface area contributed by atoms with Crippen LogP contribution in [0.25, 0.3) is 0 Å². The molecular weight excluding hydrogens is 271 g/mol. The molecule has 0 aliphatic carbocycles. The number of halogens is 1. The van der Waals surface area contributed by atoms with Crippen LogP contribution in [0.3, 0.4) is 0 Å². The van der Waals surface area contributed by atoms with E-state index in [9.17, 15) is 4.39 Å². The van der Waals surface area contributed by atoms with E-state index in [1.807, 2.05) is 6.92 Å². The molecule has 21 heavy (non-hydrogen) atoms. The van der Waals surface area contributed by atoms with E-state index in [-0.39, 0.29) is 5.56 Å². The zero-order valence-electron chi connectivity index (χ0n) is 11.6. The topological polar surface area (TPSA) is 68.3 Å². The van der Waals surface area contributed by atoms with Gasteiger partial charge in [-0.3, -0.25) is 0 Å². The zero-order chi connectivity index (χ0) is 15.2. The Balaban J connectivity index is 2.21. The monoisotopic (exact) mass is 286 g/mol. The van der Waals surface area contributed by atoms with Crippen LogP contribution in [0.5, 0.6) is 17.2 Å². The van der Waals surface area contributed by atoms with Gasteiger partial charge in [-0.1, -0.05) is 6.92 Å². The van der Waals surface area contributed by atoms with E-state index < -0.39 is 5.82 Å². The summed E-state index contributed by atoms with van der Waals surface area (Å²) in [5.74, 6) is 0.714. The average molecular weight is 286 g/mol. The molecule has 2 rings (SSSR count). The molecule has 0 amide bonds. The molecule has 0 fully saturated rings. The Hall–Kier alpha value is -2.74. The molecule has 0 bridgehead atoms. The van der Waals surface area contributed by atoms with Gasteiger partial charge in [0.05, 0.1) is 12.2 Å². The summed E-state index contributed by atoms with van der Waals surface area (Å²) in [6.45, 7) is 2.58. The summed E-state index contributed by atoms with van der Waals surface area (Å²) in [6, 6.07) is 10.8. The number of hydrogen-bond donors (Lipinski definition) is 1. The molecule has 0 radical (unpaired) electrons. The number of rotatable bonds is 5. The van der Waals surface area contributed by atoms with E-state index in [1.54, 1.807) is 24.3 Å². The number of ether oxygens (including phenoxy) is 2. The fourth-order valence-electron chi connectivity index (χ4n) is 1.74. The van der Waals surface area contributed by atoms with Crippen molar-refractivity contribution in [1.82, 2.24) is 0 Å². The molecule has 0 unspecified atom stereocenters. The van der Waals surface area contributed by atoms with Gasteiger partial charge in [0, 0.05) is 30.0 Å². The first-order valence-corrected chi connectivity index (χ1v) is 6.53. The summed E-state index contributed by atoms with van der Waals surface area (Å²) >= 11 is 0. The van der Waals surface area contributed by atoms with E-state index in [0.29, 0.717) is 29.5 Å². The number of benzene rings is 2. The maximum Gasteiger partial charge on any atom is 0.144 e. The lowest BCUT2D eigenvalue weighted by molar-refractivity contribution is 0.316. The fourth-order valence-corrected chi connectivity index (χ4v) is 1.74. The van der Waals surface area contributed by atoms with Crippen LogP contribution in [-0.4, -0.2) is 6.61 Å². The lowest BCUT2D eigenvalue weighted by Crippen LogP contribution is -1.97. The first kappa shape index (κ1) is 14.7. The van der Waals surface area contributed by atoms with Gasteiger partial charge in [-0.2, -0.15) is 5.26 Å². The van der Waals surface area contributed by atoms with Gasteiger partial charge in [-0.05, 0) is 18.6 Å². The molecule has 0 heterocycles. The van der Waals surface area contributed by atoms with Gasteiger partial charge < -0.3 is 15.2 Å². The smallest absolute Gasteiger partial charge is 0.144 e. The van der Waals surface area contributed by atoms with Gasteiger partial charge in [0.1, 0.15) is 29.1 Å². The number of nitrogens with zero attached hydrogens (tertiary/aromatic N) is 1. The second-order valence-electron chi connectivity index (χ2n) is 4.44. The zero-order valence-corrected chi connectivity index (χ0v) is 11.6. The van der Waals surface area contributed by atoms with Crippen molar-refractivity contribution in [2.24, 2.45) is 0 Å². The summed E-state index contributed by atoms with van der Waals surface area (Å²) in [7, 11) is 0. The lowest BCUT2D eigenvalue weighted by Gasteiger charge is -2.10. The average Bonchev–Trinajstić information content (AvgIpc) is 2.45. The third-order valence-corrected chi connectivity index (χ3v) is 2.67. The summed E-state index contributed by atoms with van der Waals surface area (Å²) in [5, 5.41) is 8.69. The highest BCUT2D eigenvalue weighted by atomic mass is 19.1. The van der Waals surface area contributed by atoms with E-state index in [4.69, 9.17) is 20.5 Å². The molecule has 108 valence electrons. The standard InChI is InChI=1S/C16H15FN2O2/c1-2-5-20-14-6-12(19)7-15(8-14)21-13-4-3-11(10-18)16(17)9-13/h3-4,6-9H,2,5,19H2,1H3. The van der Waals surface area contributed by atoms with Crippen LogP contribution in [-0.2, 0) is 0 Å². The highest BCUT2D eigenvalue weighted by molar-refractivity contribution is 5.51. The highest BCUT2D eigenvalue weighted by Gasteiger charge is 2.06. The Kier molecular flexibility index (Phi) is 4.62. The van der Waals surface area contributed by atoms with Gasteiger partial charge in [-0.25, -0.2) is 4.39 Å². The molecule has 0 saturated heterocycles. The third kappa shape index (κ3) is 3.86. The molecule has 0 aliphatic heterocycles.